The van der Waals surface area contributed by atoms with Crippen LogP contribution in [-0.2, 0) is 9.63 Å². The van der Waals surface area contributed by atoms with Crippen LogP contribution in [0.25, 0.3) is 0 Å². The zero-order valence-electron chi connectivity index (χ0n) is 12.8. The molecule has 0 spiro atoms. The number of carbonyl (C=O) groups is 2. The number of nitrogens with two attached hydrogens (primary N) is 1. The standard InChI is InChI=1S/C16H17N3O3S/c1-10(20)12-4-3-5-14(8-12)18-16(21)11(2)22-19-15(17)13-6-7-23-9-13/h3-9,11H,1-2H3,(H2,17,19)(H,18,21). The number of rotatable bonds is 6. The summed E-state index contributed by atoms with van der Waals surface area (Å²) in [7, 11) is 0. The molecule has 2 aromatic rings. The van der Waals surface area contributed by atoms with Gasteiger partial charge in [-0.25, -0.2) is 0 Å². The first-order valence-electron chi connectivity index (χ1n) is 6.91. The van der Waals surface area contributed by atoms with Crippen molar-refractivity contribution in [2.24, 2.45) is 10.9 Å². The first-order valence-corrected chi connectivity index (χ1v) is 7.85. The molecule has 0 bridgehead atoms. The number of thiophene rings is 1. The predicted octanol–water partition coefficient (Wildman–Crippen LogP) is 2.61. The van der Waals surface area contributed by atoms with E-state index in [1.807, 2.05) is 16.8 Å². The minimum Gasteiger partial charge on any atom is -0.381 e. The number of amidine groups is 1. The predicted molar refractivity (Wildman–Crippen MR) is 90.7 cm³/mol. The topological polar surface area (TPSA) is 93.8 Å². The lowest BCUT2D eigenvalue weighted by atomic mass is 10.1. The van der Waals surface area contributed by atoms with Crippen LogP contribution in [0.1, 0.15) is 29.8 Å². The van der Waals surface area contributed by atoms with Crippen molar-refractivity contribution < 1.29 is 14.4 Å². The number of hydrogen-bond donors (Lipinski definition) is 2. The van der Waals surface area contributed by atoms with Gasteiger partial charge in [0.2, 0.25) is 6.10 Å². The third-order valence-electron chi connectivity index (χ3n) is 3.03. The number of anilines is 1. The number of carbonyl (C=O) groups excluding carboxylic acids is 2. The van der Waals surface area contributed by atoms with Gasteiger partial charge in [0.25, 0.3) is 5.91 Å². The third-order valence-corrected chi connectivity index (χ3v) is 3.72. The van der Waals surface area contributed by atoms with Crippen molar-refractivity contribution in [3.8, 4) is 0 Å². The van der Waals surface area contributed by atoms with E-state index < -0.39 is 6.10 Å². The highest BCUT2D eigenvalue weighted by Gasteiger charge is 2.15. The van der Waals surface area contributed by atoms with Gasteiger partial charge in [0.05, 0.1) is 0 Å². The highest BCUT2D eigenvalue weighted by Crippen LogP contribution is 2.12. The second kappa shape index (κ2) is 7.55. The molecule has 0 aliphatic carbocycles. The van der Waals surface area contributed by atoms with E-state index in [1.54, 1.807) is 31.2 Å². The quantitative estimate of drug-likeness (QED) is 0.368. The Morgan fingerprint density at radius 1 is 1.30 bits per heavy atom. The molecule has 120 valence electrons. The minimum atomic E-state index is -0.826. The van der Waals surface area contributed by atoms with E-state index in [0.29, 0.717) is 11.3 Å². The number of amides is 1. The summed E-state index contributed by atoms with van der Waals surface area (Å²) in [5.74, 6) is -0.240. The van der Waals surface area contributed by atoms with Crippen LogP contribution in [0.4, 0.5) is 5.69 Å². The van der Waals surface area contributed by atoms with Crippen LogP contribution < -0.4 is 11.1 Å². The van der Waals surface area contributed by atoms with Crippen molar-refractivity contribution in [2.75, 3.05) is 5.32 Å². The number of Topliss-reactive ketones (excluding diaryl/α,β-unsaturated/α-hetero) is 1. The Balaban J connectivity index is 1.96. The molecule has 0 aliphatic rings. The van der Waals surface area contributed by atoms with Crippen molar-refractivity contribution in [1.82, 2.24) is 0 Å². The van der Waals surface area contributed by atoms with Gasteiger partial charge >= 0.3 is 0 Å². The maximum atomic E-state index is 12.1. The number of hydrogen-bond acceptors (Lipinski definition) is 5. The van der Waals surface area contributed by atoms with E-state index in [4.69, 9.17) is 10.6 Å². The Morgan fingerprint density at radius 3 is 2.74 bits per heavy atom. The summed E-state index contributed by atoms with van der Waals surface area (Å²) < 4.78 is 0. The summed E-state index contributed by atoms with van der Waals surface area (Å²) >= 11 is 1.49. The molecular weight excluding hydrogens is 314 g/mol. The average Bonchev–Trinajstić information content (AvgIpc) is 3.07. The molecule has 2 rings (SSSR count). The fourth-order valence-electron chi connectivity index (χ4n) is 1.71. The highest BCUT2D eigenvalue weighted by molar-refractivity contribution is 7.08. The molecule has 0 saturated heterocycles. The van der Waals surface area contributed by atoms with E-state index in [-0.39, 0.29) is 17.5 Å². The first kappa shape index (κ1) is 16.7. The Morgan fingerprint density at radius 2 is 2.09 bits per heavy atom. The lowest BCUT2D eigenvalue weighted by Crippen LogP contribution is -2.27. The van der Waals surface area contributed by atoms with E-state index in [1.165, 1.54) is 18.3 Å². The normalized spacial score (nSPS) is 12.5. The molecule has 0 saturated carbocycles. The fourth-order valence-corrected chi connectivity index (χ4v) is 2.36. The van der Waals surface area contributed by atoms with E-state index in [0.717, 1.165) is 5.56 Å². The Labute approximate surface area is 137 Å². The van der Waals surface area contributed by atoms with Crippen molar-refractivity contribution in [3.63, 3.8) is 0 Å². The van der Waals surface area contributed by atoms with Crippen molar-refractivity contribution in [2.45, 2.75) is 20.0 Å². The lowest BCUT2D eigenvalue weighted by Gasteiger charge is -2.11. The minimum absolute atomic E-state index is 0.0708. The third kappa shape index (κ3) is 4.65. The summed E-state index contributed by atoms with van der Waals surface area (Å²) in [6.07, 6.45) is -0.826. The SMILES string of the molecule is CC(=O)c1cccc(NC(=O)C(C)O/N=C(\N)c2ccsc2)c1. The van der Waals surface area contributed by atoms with Crippen LogP contribution in [0.2, 0.25) is 0 Å². The molecule has 1 atom stereocenters. The highest BCUT2D eigenvalue weighted by atomic mass is 32.1. The van der Waals surface area contributed by atoms with Crippen LogP contribution >= 0.6 is 11.3 Å². The van der Waals surface area contributed by atoms with E-state index in [2.05, 4.69) is 10.5 Å². The van der Waals surface area contributed by atoms with Gasteiger partial charge in [0.1, 0.15) is 0 Å². The van der Waals surface area contributed by atoms with Gasteiger partial charge in [0.15, 0.2) is 11.6 Å². The molecule has 3 N–H and O–H groups in total. The molecule has 1 aromatic carbocycles. The zero-order chi connectivity index (χ0) is 16.8. The number of oxime groups is 1. The number of nitrogens with one attached hydrogen (secondary N) is 1. The Bertz CT molecular complexity index is 726. The summed E-state index contributed by atoms with van der Waals surface area (Å²) in [5, 5.41) is 10.1. The van der Waals surface area contributed by atoms with Gasteiger partial charge in [-0.1, -0.05) is 17.3 Å². The molecule has 0 aliphatic heterocycles. The van der Waals surface area contributed by atoms with Gasteiger partial charge in [-0.05, 0) is 37.4 Å². The van der Waals surface area contributed by atoms with E-state index in [9.17, 15) is 9.59 Å². The van der Waals surface area contributed by atoms with Gasteiger partial charge < -0.3 is 15.9 Å². The molecule has 0 fully saturated rings. The summed E-state index contributed by atoms with van der Waals surface area (Å²) in [6.45, 7) is 3.03. The smallest absolute Gasteiger partial charge is 0.267 e. The number of ketones is 1. The molecular formula is C16H17N3O3S. The van der Waals surface area contributed by atoms with Crippen LogP contribution in [-0.4, -0.2) is 23.6 Å². The maximum Gasteiger partial charge on any atom is 0.267 e. The van der Waals surface area contributed by atoms with Gasteiger partial charge in [-0.3, -0.25) is 9.59 Å². The first-order chi connectivity index (χ1) is 11.0. The molecule has 1 aromatic heterocycles. The van der Waals surface area contributed by atoms with Gasteiger partial charge in [-0.2, -0.15) is 11.3 Å². The van der Waals surface area contributed by atoms with Crippen LogP contribution in [0.3, 0.4) is 0 Å². The van der Waals surface area contributed by atoms with Crippen LogP contribution in [0.5, 0.6) is 0 Å². The largest absolute Gasteiger partial charge is 0.381 e. The fraction of sp³-hybridized carbons (Fsp3) is 0.188. The molecule has 1 unspecified atom stereocenters. The molecule has 0 radical (unpaired) electrons. The molecule has 7 heteroatoms. The molecule has 6 nitrogen and oxygen atoms in total. The van der Waals surface area contributed by atoms with Crippen LogP contribution in [0.15, 0.2) is 46.2 Å². The average molecular weight is 331 g/mol. The Kier molecular flexibility index (Phi) is 5.48. The van der Waals surface area contributed by atoms with Crippen molar-refractivity contribution >= 4 is 34.6 Å². The second-order valence-electron chi connectivity index (χ2n) is 4.86. The van der Waals surface area contributed by atoms with Crippen molar-refractivity contribution in [3.05, 3.63) is 52.2 Å². The number of benzene rings is 1. The number of nitrogens with zero attached hydrogens (tertiary/aromatic N) is 1. The molecule has 1 heterocycles. The molecule has 23 heavy (non-hydrogen) atoms. The Hall–Kier alpha value is -2.67. The van der Waals surface area contributed by atoms with Crippen molar-refractivity contribution in [1.29, 1.82) is 0 Å². The zero-order valence-corrected chi connectivity index (χ0v) is 13.6. The summed E-state index contributed by atoms with van der Waals surface area (Å²) in [6, 6.07) is 8.50. The summed E-state index contributed by atoms with van der Waals surface area (Å²) in [4.78, 5) is 28.5. The monoisotopic (exact) mass is 331 g/mol. The summed E-state index contributed by atoms with van der Waals surface area (Å²) in [5.41, 5.74) is 7.55. The van der Waals surface area contributed by atoms with Gasteiger partial charge in [0, 0.05) is 22.2 Å². The van der Waals surface area contributed by atoms with Gasteiger partial charge in [-0.15, -0.1) is 0 Å². The van der Waals surface area contributed by atoms with E-state index >= 15 is 0 Å². The molecule has 1 amide bonds. The maximum absolute atomic E-state index is 12.1. The lowest BCUT2D eigenvalue weighted by molar-refractivity contribution is -0.126. The van der Waals surface area contributed by atoms with Crippen LogP contribution in [0, 0.1) is 0 Å². The second-order valence-corrected chi connectivity index (χ2v) is 5.64.